The normalized spacial score (nSPS) is 15.3. The van der Waals surface area contributed by atoms with E-state index in [0.29, 0.717) is 32.5 Å². The number of hydrogen-bond donors (Lipinski definition) is 2. The van der Waals surface area contributed by atoms with Crippen molar-refractivity contribution < 1.29 is 19.4 Å². The molecule has 0 aromatic heterocycles. The zero-order valence-electron chi connectivity index (χ0n) is 13.5. The molecule has 1 aromatic rings. The highest BCUT2D eigenvalue weighted by Crippen LogP contribution is 2.17. The molecule has 2 rings (SSSR count). The van der Waals surface area contributed by atoms with Crippen molar-refractivity contribution in [1.29, 1.82) is 0 Å². The molecular formula is C17H24N2O4. The van der Waals surface area contributed by atoms with E-state index in [2.05, 4.69) is 5.32 Å². The van der Waals surface area contributed by atoms with Gasteiger partial charge in [0.2, 0.25) is 5.91 Å². The van der Waals surface area contributed by atoms with Crippen LogP contribution in [0.15, 0.2) is 24.3 Å². The van der Waals surface area contributed by atoms with Gasteiger partial charge in [0.05, 0.1) is 6.61 Å². The van der Waals surface area contributed by atoms with Crippen LogP contribution >= 0.6 is 0 Å². The molecule has 6 nitrogen and oxygen atoms in total. The van der Waals surface area contributed by atoms with Crippen LogP contribution in [0.25, 0.3) is 0 Å². The quantitative estimate of drug-likeness (QED) is 0.870. The number of likely N-dealkylation sites (tertiary alicyclic amines) is 1. The molecule has 126 valence electrons. The highest BCUT2D eigenvalue weighted by molar-refractivity contribution is 5.76. The molecule has 1 aliphatic rings. The van der Waals surface area contributed by atoms with Crippen molar-refractivity contribution in [3.63, 3.8) is 0 Å². The molecular weight excluding hydrogens is 296 g/mol. The number of hydrogen-bond acceptors (Lipinski definition) is 4. The minimum atomic E-state index is -0.281. The minimum absolute atomic E-state index is 0.0252. The van der Waals surface area contributed by atoms with Crippen molar-refractivity contribution in [2.75, 3.05) is 19.7 Å². The summed E-state index contributed by atoms with van der Waals surface area (Å²) in [4.78, 5) is 25.3. The van der Waals surface area contributed by atoms with Gasteiger partial charge in [-0.1, -0.05) is 18.2 Å². The summed E-state index contributed by atoms with van der Waals surface area (Å²) in [6, 6.07) is 7.14. The Kier molecular flexibility index (Phi) is 6.26. The second-order valence-corrected chi connectivity index (χ2v) is 5.66. The molecule has 0 bridgehead atoms. The third kappa shape index (κ3) is 5.16. The monoisotopic (exact) mass is 320 g/mol. The Bertz CT molecular complexity index is 539. The first-order chi connectivity index (χ1) is 11.1. The van der Waals surface area contributed by atoms with Crippen molar-refractivity contribution in [1.82, 2.24) is 10.2 Å². The molecule has 1 aromatic carbocycles. The number of carbonyl (C=O) groups excluding carboxylic acids is 2. The van der Waals surface area contributed by atoms with Crippen LogP contribution in [0.2, 0.25) is 0 Å². The highest BCUT2D eigenvalue weighted by atomic mass is 16.6. The van der Waals surface area contributed by atoms with E-state index in [0.717, 1.165) is 18.4 Å². The van der Waals surface area contributed by atoms with Crippen LogP contribution < -0.4 is 5.32 Å². The zero-order valence-corrected chi connectivity index (χ0v) is 13.5. The van der Waals surface area contributed by atoms with E-state index in [4.69, 9.17) is 4.74 Å². The molecule has 0 atom stereocenters. The van der Waals surface area contributed by atoms with Gasteiger partial charge in [-0.25, -0.2) is 4.79 Å². The van der Waals surface area contributed by atoms with E-state index >= 15 is 0 Å². The number of benzene rings is 1. The fourth-order valence-corrected chi connectivity index (χ4v) is 2.69. The molecule has 1 saturated heterocycles. The summed E-state index contributed by atoms with van der Waals surface area (Å²) in [7, 11) is 0. The fraction of sp³-hybridized carbons (Fsp3) is 0.529. The van der Waals surface area contributed by atoms with Gasteiger partial charge in [-0.05, 0) is 37.8 Å². The molecule has 23 heavy (non-hydrogen) atoms. The number of phenols is 1. The van der Waals surface area contributed by atoms with Crippen LogP contribution in [-0.4, -0.2) is 47.7 Å². The summed E-state index contributed by atoms with van der Waals surface area (Å²) in [5.41, 5.74) is 0.778. The molecule has 0 saturated carbocycles. The Morgan fingerprint density at radius 3 is 2.65 bits per heavy atom. The fourth-order valence-electron chi connectivity index (χ4n) is 2.69. The van der Waals surface area contributed by atoms with Gasteiger partial charge in [0.15, 0.2) is 0 Å². The number of nitrogens with zero attached hydrogens (tertiary/aromatic N) is 1. The van der Waals surface area contributed by atoms with Gasteiger partial charge >= 0.3 is 6.09 Å². The molecule has 0 radical (unpaired) electrons. The Balaban J connectivity index is 1.71. The van der Waals surface area contributed by atoms with Crippen molar-refractivity contribution in [3.05, 3.63) is 29.8 Å². The number of para-hydroxylation sites is 1. The Hall–Kier alpha value is -2.24. The van der Waals surface area contributed by atoms with Crippen molar-refractivity contribution in [3.8, 4) is 5.75 Å². The molecule has 2 amide bonds. The van der Waals surface area contributed by atoms with Crippen LogP contribution in [0, 0.1) is 0 Å². The first-order valence-corrected chi connectivity index (χ1v) is 8.08. The lowest BCUT2D eigenvalue weighted by Crippen LogP contribution is -2.46. The van der Waals surface area contributed by atoms with Gasteiger partial charge in [-0.2, -0.15) is 0 Å². The van der Waals surface area contributed by atoms with Crippen LogP contribution in [-0.2, 0) is 16.0 Å². The maximum atomic E-state index is 12.0. The van der Waals surface area contributed by atoms with Gasteiger partial charge < -0.3 is 20.1 Å². The van der Waals surface area contributed by atoms with Crippen LogP contribution in [0.3, 0.4) is 0 Å². The van der Waals surface area contributed by atoms with Crippen LogP contribution in [0.1, 0.15) is 31.7 Å². The number of aromatic hydroxyl groups is 1. The molecule has 2 N–H and O–H groups in total. The Labute approximate surface area is 136 Å². The van der Waals surface area contributed by atoms with E-state index in [1.807, 2.05) is 12.1 Å². The number of ether oxygens (including phenoxy) is 1. The largest absolute Gasteiger partial charge is 0.508 e. The van der Waals surface area contributed by atoms with E-state index in [-0.39, 0.29) is 23.8 Å². The molecule has 1 fully saturated rings. The lowest BCUT2D eigenvalue weighted by molar-refractivity contribution is -0.122. The Morgan fingerprint density at radius 2 is 2.00 bits per heavy atom. The van der Waals surface area contributed by atoms with Gasteiger partial charge in [0.1, 0.15) is 5.75 Å². The summed E-state index contributed by atoms with van der Waals surface area (Å²) >= 11 is 0. The topological polar surface area (TPSA) is 78.9 Å². The first kappa shape index (κ1) is 17.1. The molecule has 0 spiro atoms. The second-order valence-electron chi connectivity index (χ2n) is 5.66. The van der Waals surface area contributed by atoms with Gasteiger partial charge in [-0.3, -0.25) is 4.79 Å². The summed E-state index contributed by atoms with van der Waals surface area (Å²) in [5, 5.41) is 12.7. The number of carbonyl (C=O) groups is 2. The van der Waals surface area contributed by atoms with Crippen LogP contribution in [0.5, 0.6) is 5.75 Å². The predicted octanol–water partition coefficient (Wildman–Crippen LogP) is 2.06. The maximum absolute atomic E-state index is 12.0. The molecule has 1 heterocycles. The number of aryl methyl sites for hydroxylation is 1. The zero-order chi connectivity index (χ0) is 16.7. The maximum Gasteiger partial charge on any atom is 0.409 e. The summed E-state index contributed by atoms with van der Waals surface area (Å²) in [6.45, 7) is 3.36. The lowest BCUT2D eigenvalue weighted by atomic mass is 10.0. The van der Waals surface area contributed by atoms with Crippen molar-refractivity contribution in [2.45, 2.75) is 38.6 Å². The van der Waals surface area contributed by atoms with Crippen LogP contribution in [0.4, 0.5) is 4.79 Å². The average Bonchev–Trinajstić information content (AvgIpc) is 2.55. The molecule has 1 aliphatic heterocycles. The molecule has 6 heteroatoms. The van der Waals surface area contributed by atoms with Gasteiger partial charge in [0.25, 0.3) is 0 Å². The molecule has 0 aliphatic carbocycles. The number of rotatable bonds is 5. The third-order valence-electron chi connectivity index (χ3n) is 4.00. The lowest BCUT2D eigenvalue weighted by Gasteiger charge is -2.31. The summed E-state index contributed by atoms with van der Waals surface area (Å²) in [6.07, 6.45) is 2.05. The second kappa shape index (κ2) is 8.41. The number of phenolic OH excluding ortho intramolecular Hbond substituents is 1. The predicted molar refractivity (Wildman–Crippen MR) is 86.2 cm³/mol. The number of amides is 2. The SMILES string of the molecule is CCOC(=O)N1CCC(NC(=O)CCc2ccccc2O)CC1. The smallest absolute Gasteiger partial charge is 0.409 e. The van der Waals surface area contributed by atoms with E-state index < -0.39 is 0 Å². The summed E-state index contributed by atoms with van der Waals surface area (Å²) in [5.74, 6) is 0.200. The van der Waals surface area contributed by atoms with Crippen molar-refractivity contribution >= 4 is 12.0 Å². The average molecular weight is 320 g/mol. The van der Waals surface area contributed by atoms with Crippen molar-refractivity contribution in [2.24, 2.45) is 0 Å². The van der Waals surface area contributed by atoms with E-state index in [1.165, 1.54) is 0 Å². The number of nitrogens with one attached hydrogen (secondary N) is 1. The number of piperidine rings is 1. The first-order valence-electron chi connectivity index (χ1n) is 8.08. The third-order valence-corrected chi connectivity index (χ3v) is 4.00. The highest BCUT2D eigenvalue weighted by Gasteiger charge is 2.24. The van der Waals surface area contributed by atoms with E-state index in [9.17, 15) is 14.7 Å². The van der Waals surface area contributed by atoms with E-state index in [1.54, 1.807) is 24.0 Å². The van der Waals surface area contributed by atoms with Gasteiger partial charge in [-0.15, -0.1) is 0 Å². The summed E-state index contributed by atoms with van der Waals surface area (Å²) < 4.78 is 4.97. The Morgan fingerprint density at radius 1 is 1.30 bits per heavy atom. The minimum Gasteiger partial charge on any atom is -0.508 e. The molecule has 0 unspecified atom stereocenters. The standard InChI is InChI=1S/C17H24N2O4/c1-2-23-17(22)19-11-9-14(10-12-19)18-16(21)8-7-13-5-3-4-6-15(13)20/h3-6,14,20H,2,7-12H2,1H3,(H,18,21). The van der Waals surface area contributed by atoms with Gasteiger partial charge in [0, 0.05) is 25.6 Å².